The molecule has 0 aliphatic carbocycles. The summed E-state index contributed by atoms with van der Waals surface area (Å²) in [5.41, 5.74) is 1.50. The van der Waals surface area contributed by atoms with E-state index in [1.54, 1.807) is 4.90 Å². The van der Waals surface area contributed by atoms with Gasteiger partial charge in [0.1, 0.15) is 11.6 Å². The fraction of sp³-hybridized carbons (Fsp3) is 0.417. The van der Waals surface area contributed by atoms with Crippen LogP contribution in [0.3, 0.4) is 0 Å². The molecule has 31 heavy (non-hydrogen) atoms. The maximum atomic E-state index is 13.1. The van der Waals surface area contributed by atoms with Gasteiger partial charge in [-0.2, -0.15) is 0 Å². The van der Waals surface area contributed by atoms with Gasteiger partial charge in [0.2, 0.25) is 5.91 Å². The van der Waals surface area contributed by atoms with E-state index in [9.17, 15) is 14.0 Å². The third-order valence-electron chi connectivity index (χ3n) is 5.22. The van der Waals surface area contributed by atoms with Crippen LogP contribution in [0.15, 0.2) is 48.5 Å². The largest absolute Gasteiger partial charge is 0.494 e. The van der Waals surface area contributed by atoms with Gasteiger partial charge >= 0.3 is 0 Å². The highest BCUT2D eigenvalue weighted by Crippen LogP contribution is 2.13. The molecule has 0 bridgehead atoms. The molecule has 2 aromatic rings. The van der Waals surface area contributed by atoms with Crippen LogP contribution in [0.4, 0.5) is 4.39 Å². The van der Waals surface area contributed by atoms with E-state index in [-0.39, 0.29) is 17.6 Å². The monoisotopic (exact) mass is 427 g/mol. The Balaban J connectivity index is 1.42. The van der Waals surface area contributed by atoms with E-state index in [1.807, 2.05) is 24.3 Å². The third-order valence-corrected chi connectivity index (χ3v) is 5.22. The van der Waals surface area contributed by atoms with Crippen LogP contribution in [0.1, 0.15) is 35.7 Å². The second kappa shape index (κ2) is 11.5. The van der Waals surface area contributed by atoms with Crippen molar-refractivity contribution in [1.29, 1.82) is 0 Å². The molecule has 0 atom stereocenters. The molecule has 0 aromatic heterocycles. The minimum absolute atomic E-state index is 0.0374. The summed E-state index contributed by atoms with van der Waals surface area (Å²) in [5.74, 6) is 0.342. The van der Waals surface area contributed by atoms with Crippen LogP contribution >= 0.6 is 0 Å². The minimum atomic E-state index is -0.356. The predicted octanol–water partition coefficient (Wildman–Crippen LogP) is 3.08. The fourth-order valence-corrected chi connectivity index (χ4v) is 3.49. The van der Waals surface area contributed by atoms with E-state index >= 15 is 0 Å². The Bertz CT molecular complexity index is 855. The fourth-order valence-electron chi connectivity index (χ4n) is 3.49. The second-order valence-corrected chi connectivity index (χ2v) is 7.70. The Morgan fingerprint density at radius 2 is 1.74 bits per heavy atom. The summed E-state index contributed by atoms with van der Waals surface area (Å²) in [6.45, 7) is 6.08. The average molecular weight is 428 g/mol. The molecule has 1 aliphatic heterocycles. The van der Waals surface area contributed by atoms with Crippen molar-refractivity contribution >= 4 is 11.8 Å². The van der Waals surface area contributed by atoms with Gasteiger partial charge in [-0.1, -0.05) is 19.1 Å². The van der Waals surface area contributed by atoms with Gasteiger partial charge in [0.25, 0.3) is 5.91 Å². The van der Waals surface area contributed by atoms with E-state index in [4.69, 9.17) is 4.74 Å². The van der Waals surface area contributed by atoms with Crippen LogP contribution in [0.5, 0.6) is 5.75 Å². The topological polar surface area (TPSA) is 61.9 Å². The molecule has 6 nitrogen and oxygen atoms in total. The molecule has 0 saturated carbocycles. The lowest BCUT2D eigenvalue weighted by atomic mass is 10.2. The summed E-state index contributed by atoms with van der Waals surface area (Å²) in [6.07, 6.45) is 1.76. The zero-order valence-electron chi connectivity index (χ0n) is 18.0. The molecule has 7 heteroatoms. The summed E-state index contributed by atoms with van der Waals surface area (Å²) < 4.78 is 18.7. The predicted molar refractivity (Wildman–Crippen MR) is 117 cm³/mol. The number of carbonyl (C=O) groups excluding carboxylic acids is 2. The average Bonchev–Trinajstić information content (AvgIpc) is 3.02. The molecule has 0 unspecified atom stereocenters. The van der Waals surface area contributed by atoms with Crippen molar-refractivity contribution < 1.29 is 18.7 Å². The smallest absolute Gasteiger partial charge is 0.253 e. The highest BCUT2D eigenvalue weighted by molar-refractivity contribution is 5.94. The molecule has 1 N–H and O–H groups in total. The van der Waals surface area contributed by atoms with Crippen molar-refractivity contribution in [2.75, 3.05) is 39.3 Å². The number of amides is 2. The molecule has 1 aliphatic rings. The SMILES string of the molecule is CCCOc1ccc(CNC(=O)CN2CCCN(C(=O)c3ccc(F)cc3)CC2)cc1. The molecule has 2 aromatic carbocycles. The van der Waals surface area contributed by atoms with Crippen molar-refractivity contribution in [3.05, 3.63) is 65.5 Å². The Morgan fingerprint density at radius 3 is 2.45 bits per heavy atom. The van der Waals surface area contributed by atoms with Crippen LogP contribution in [0.25, 0.3) is 0 Å². The quantitative estimate of drug-likeness (QED) is 0.703. The standard InChI is InChI=1S/C24H30FN3O3/c1-2-16-31-22-10-4-19(5-11-22)17-26-23(29)18-27-12-3-13-28(15-14-27)24(30)20-6-8-21(25)9-7-20/h4-11H,2-3,12-18H2,1H3,(H,26,29). The van der Waals surface area contributed by atoms with Gasteiger partial charge in [0.05, 0.1) is 13.2 Å². The molecule has 1 fully saturated rings. The van der Waals surface area contributed by atoms with E-state index in [0.29, 0.717) is 44.9 Å². The lowest BCUT2D eigenvalue weighted by Gasteiger charge is -2.22. The van der Waals surface area contributed by atoms with Gasteiger partial charge in [-0.3, -0.25) is 14.5 Å². The number of rotatable bonds is 8. The first-order valence-corrected chi connectivity index (χ1v) is 10.8. The van der Waals surface area contributed by atoms with Gasteiger partial charge in [-0.05, 0) is 54.8 Å². The Morgan fingerprint density at radius 1 is 1.00 bits per heavy atom. The molecule has 0 radical (unpaired) electrons. The van der Waals surface area contributed by atoms with Gasteiger partial charge in [-0.15, -0.1) is 0 Å². The summed E-state index contributed by atoms with van der Waals surface area (Å²) in [7, 11) is 0. The first-order chi connectivity index (χ1) is 15.0. The zero-order chi connectivity index (χ0) is 22.1. The summed E-state index contributed by atoms with van der Waals surface area (Å²) >= 11 is 0. The van der Waals surface area contributed by atoms with Crippen LogP contribution in [-0.4, -0.2) is 60.9 Å². The van der Waals surface area contributed by atoms with Crippen LogP contribution in [0.2, 0.25) is 0 Å². The van der Waals surface area contributed by atoms with Gasteiger partial charge in [0.15, 0.2) is 0 Å². The molecule has 1 saturated heterocycles. The van der Waals surface area contributed by atoms with Crippen molar-refractivity contribution in [2.24, 2.45) is 0 Å². The number of nitrogens with zero attached hydrogens (tertiary/aromatic N) is 2. The summed E-state index contributed by atoms with van der Waals surface area (Å²) in [4.78, 5) is 28.8. The maximum absolute atomic E-state index is 13.1. The number of ether oxygens (including phenoxy) is 1. The normalized spacial score (nSPS) is 14.7. The van der Waals surface area contributed by atoms with E-state index in [2.05, 4.69) is 17.1 Å². The Hall–Kier alpha value is -2.93. The number of hydrogen-bond acceptors (Lipinski definition) is 4. The molecule has 3 rings (SSSR count). The number of halogens is 1. The number of benzene rings is 2. The van der Waals surface area contributed by atoms with Crippen molar-refractivity contribution in [2.45, 2.75) is 26.3 Å². The lowest BCUT2D eigenvalue weighted by molar-refractivity contribution is -0.122. The van der Waals surface area contributed by atoms with Crippen LogP contribution in [-0.2, 0) is 11.3 Å². The Labute approximate surface area is 183 Å². The first-order valence-electron chi connectivity index (χ1n) is 10.8. The zero-order valence-corrected chi connectivity index (χ0v) is 18.0. The van der Waals surface area contributed by atoms with Crippen LogP contribution in [0, 0.1) is 5.82 Å². The molecular weight excluding hydrogens is 397 g/mol. The maximum Gasteiger partial charge on any atom is 0.253 e. The molecule has 166 valence electrons. The first kappa shape index (κ1) is 22.7. The molecule has 0 spiro atoms. The molecular formula is C24H30FN3O3. The number of carbonyl (C=O) groups is 2. The minimum Gasteiger partial charge on any atom is -0.494 e. The number of nitrogens with one attached hydrogen (secondary N) is 1. The summed E-state index contributed by atoms with van der Waals surface area (Å²) in [5, 5.41) is 2.96. The Kier molecular flexibility index (Phi) is 8.41. The van der Waals surface area contributed by atoms with Crippen molar-refractivity contribution in [3.8, 4) is 5.75 Å². The summed E-state index contributed by atoms with van der Waals surface area (Å²) in [6, 6.07) is 13.4. The van der Waals surface area contributed by atoms with E-state index < -0.39 is 0 Å². The highest BCUT2D eigenvalue weighted by atomic mass is 19.1. The van der Waals surface area contributed by atoms with E-state index in [0.717, 1.165) is 30.7 Å². The lowest BCUT2D eigenvalue weighted by Crippen LogP contribution is -2.39. The third kappa shape index (κ3) is 7.07. The van der Waals surface area contributed by atoms with E-state index in [1.165, 1.54) is 24.3 Å². The van der Waals surface area contributed by atoms with Gasteiger partial charge in [0, 0.05) is 38.3 Å². The second-order valence-electron chi connectivity index (χ2n) is 7.70. The van der Waals surface area contributed by atoms with Gasteiger partial charge < -0.3 is 15.0 Å². The molecule has 2 amide bonds. The molecule has 1 heterocycles. The van der Waals surface area contributed by atoms with Crippen LogP contribution < -0.4 is 10.1 Å². The van der Waals surface area contributed by atoms with Gasteiger partial charge in [-0.25, -0.2) is 4.39 Å². The number of hydrogen-bond donors (Lipinski definition) is 1. The highest BCUT2D eigenvalue weighted by Gasteiger charge is 2.21. The van der Waals surface area contributed by atoms with Crippen molar-refractivity contribution in [1.82, 2.24) is 15.1 Å². The van der Waals surface area contributed by atoms with Crippen molar-refractivity contribution in [3.63, 3.8) is 0 Å².